The fourth-order valence-corrected chi connectivity index (χ4v) is 5.92. The molecule has 164 valence electrons. The zero-order valence-electron chi connectivity index (χ0n) is 16.8. The van der Waals surface area contributed by atoms with E-state index < -0.39 is 10.0 Å². The molecule has 1 aromatic rings. The normalized spacial score (nSPS) is 23.2. The minimum Gasteiger partial charge on any atom is -0.368 e. The number of halogens is 1. The average molecular weight is 456 g/mol. The van der Waals surface area contributed by atoms with E-state index in [1.807, 2.05) is 0 Å². The lowest BCUT2D eigenvalue weighted by atomic mass is 10.1. The van der Waals surface area contributed by atoms with Crippen LogP contribution in [0.25, 0.3) is 0 Å². The van der Waals surface area contributed by atoms with E-state index in [2.05, 4.69) is 0 Å². The molecule has 3 heterocycles. The highest BCUT2D eigenvalue weighted by Crippen LogP contribution is 2.26. The Balaban J connectivity index is 1.45. The van der Waals surface area contributed by atoms with Gasteiger partial charge in [-0.25, -0.2) is 8.42 Å². The molecule has 1 atom stereocenters. The number of hydrogen-bond acceptors (Lipinski definition) is 5. The summed E-state index contributed by atoms with van der Waals surface area (Å²) in [7, 11) is -3.63. The van der Waals surface area contributed by atoms with E-state index in [0.717, 1.165) is 25.7 Å². The molecule has 3 saturated heterocycles. The van der Waals surface area contributed by atoms with Gasteiger partial charge in [-0.2, -0.15) is 4.31 Å². The molecule has 2 amide bonds. The van der Waals surface area contributed by atoms with Crippen LogP contribution in [0.1, 0.15) is 36.0 Å². The highest BCUT2D eigenvalue weighted by Gasteiger charge is 2.33. The summed E-state index contributed by atoms with van der Waals surface area (Å²) in [5.41, 5.74) is 0.177. The minimum absolute atomic E-state index is 0.0173. The van der Waals surface area contributed by atoms with E-state index in [9.17, 15) is 18.0 Å². The molecular formula is C20H26ClN3O5S. The Kier molecular flexibility index (Phi) is 6.34. The topological polar surface area (TPSA) is 87.2 Å². The van der Waals surface area contributed by atoms with Crippen LogP contribution in [-0.2, 0) is 19.6 Å². The van der Waals surface area contributed by atoms with Gasteiger partial charge in [-0.15, -0.1) is 0 Å². The molecule has 1 aromatic carbocycles. The van der Waals surface area contributed by atoms with Crippen LogP contribution in [0.15, 0.2) is 23.1 Å². The molecule has 8 nitrogen and oxygen atoms in total. The summed E-state index contributed by atoms with van der Waals surface area (Å²) in [5, 5.41) is 0.221. The summed E-state index contributed by atoms with van der Waals surface area (Å²) in [4.78, 5) is 29.0. The van der Waals surface area contributed by atoms with Gasteiger partial charge in [-0.3, -0.25) is 9.59 Å². The minimum atomic E-state index is -3.63. The molecule has 3 fully saturated rings. The van der Waals surface area contributed by atoms with E-state index in [1.165, 1.54) is 22.5 Å². The molecule has 0 N–H and O–H groups in total. The van der Waals surface area contributed by atoms with Crippen LogP contribution in [0, 0.1) is 0 Å². The van der Waals surface area contributed by atoms with Gasteiger partial charge in [0, 0.05) is 45.9 Å². The van der Waals surface area contributed by atoms with Gasteiger partial charge in [-0.1, -0.05) is 11.6 Å². The second-order valence-corrected chi connectivity index (χ2v) is 10.2. The first-order chi connectivity index (χ1) is 14.4. The van der Waals surface area contributed by atoms with Crippen LogP contribution >= 0.6 is 11.6 Å². The van der Waals surface area contributed by atoms with Crippen molar-refractivity contribution in [1.29, 1.82) is 0 Å². The van der Waals surface area contributed by atoms with E-state index in [4.69, 9.17) is 16.3 Å². The van der Waals surface area contributed by atoms with Crippen LogP contribution < -0.4 is 0 Å². The Bertz CT molecular complexity index is 918. The molecular weight excluding hydrogens is 430 g/mol. The van der Waals surface area contributed by atoms with Crippen molar-refractivity contribution in [2.45, 2.75) is 36.7 Å². The highest BCUT2D eigenvalue weighted by atomic mass is 35.5. The maximum Gasteiger partial charge on any atom is 0.255 e. The van der Waals surface area contributed by atoms with Crippen LogP contribution in [0.3, 0.4) is 0 Å². The van der Waals surface area contributed by atoms with Crippen LogP contribution in [0.5, 0.6) is 0 Å². The first-order valence-corrected chi connectivity index (χ1v) is 12.2. The molecule has 0 radical (unpaired) electrons. The Morgan fingerprint density at radius 3 is 2.27 bits per heavy atom. The molecule has 3 aliphatic rings. The number of ether oxygens (including phenoxy) is 1. The summed E-state index contributed by atoms with van der Waals surface area (Å²) < 4.78 is 32.6. The average Bonchev–Trinajstić information content (AvgIpc) is 3.47. The molecule has 1 unspecified atom stereocenters. The monoisotopic (exact) mass is 455 g/mol. The van der Waals surface area contributed by atoms with Crippen molar-refractivity contribution in [2.75, 3.05) is 45.9 Å². The Hall–Kier alpha value is -1.68. The number of nitrogens with zero attached hydrogens (tertiary/aromatic N) is 3. The number of hydrogen-bond donors (Lipinski definition) is 0. The van der Waals surface area contributed by atoms with Crippen molar-refractivity contribution >= 4 is 33.4 Å². The smallest absolute Gasteiger partial charge is 0.255 e. The maximum absolute atomic E-state index is 13.1. The molecule has 3 aliphatic heterocycles. The van der Waals surface area contributed by atoms with Crippen molar-refractivity contribution in [3.05, 3.63) is 28.8 Å². The largest absolute Gasteiger partial charge is 0.368 e. The number of carbonyl (C=O) groups excluding carboxylic acids is 2. The summed E-state index contributed by atoms with van der Waals surface area (Å²) in [6, 6.07) is 4.29. The number of piperazine rings is 1. The molecule has 10 heteroatoms. The fourth-order valence-electron chi connectivity index (χ4n) is 4.18. The van der Waals surface area contributed by atoms with Crippen LogP contribution in [0.2, 0.25) is 5.02 Å². The van der Waals surface area contributed by atoms with Crippen molar-refractivity contribution < 1.29 is 22.7 Å². The summed E-state index contributed by atoms with van der Waals surface area (Å²) >= 11 is 6.25. The number of amides is 2. The van der Waals surface area contributed by atoms with Crippen molar-refractivity contribution in [2.24, 2.45) is 0 Å². The second-order valence-electron chi connectivity index (χ2n) is 7.87. The Labute approximate surface area is 181 Å². The van der Waals surface area contributed by atoms with Gasteiger partial charge in [0.05, 0.1) is 15.5 Å². The van der Waals surface area contributed by atoms with Crippen molar-refractivity contribution in [3.63, 3.8) is 0 Å². The Morgan fingerprint density at radius 1 is 0.967 bits per heavy atom. The van der Waals surface area contributed by atoms with Crippen LogP contribution in [0.4, 0.5) is 0 Å². The van der Waals surface area contributed by atoms with E-state index in [-0.39, 0.29) is 33.4 Å². The first kappa shape index (κ1) is 21.5. The highest BCUT2D eigenvalue weighted by molar-refractivity contribution is 7.89. The number of carbonyl (C=O) groups is 2. The zero-order valence-corrected chi connectivity index (χ0v) is 18.3. The molecule has 0 aliphatic carbocycles. The lowest BCUT2D eigenvalue weighted by Gasteiger charge is -2.36. The van der Waals surface area contributed by atoms with Crippen molar-refractivity contribution in [1.82, 2.24) is 14.1 Å². The SMILES string of the molecule is O=C(c1cc(S(=O)(=O)N2CCCC2)ccc1Cl)N1CCN(C(=O)C2CCCO2)CC1. The van der Waals surface area contributed by atoms with Gasteiger partial charge in [-0.05, 0) is 43.9 Å². The van der Waals surface area contributed by atoms with Crippen molar-refractivity contribution in [3.8, 4) is 0 Å². The lowest BCUT2D eigenvalue weighted by molar-refractivity contribution is -0.142. The standard InChI is InChI=1S/C20H26ClN3O5S/c21-17-6-5-15(30(27,28)24-7-1-2-8-24)14-16(17)19(25)22-9-11-23(12-10-22)20(26)18-4-3-13-29-18/h5-6,14,18H,1-4,7-13H2. The van der Waals surface area contributed by atoms with Gasteiger partial charge in [0.25, 0.3) is 11.8 Å². The predicted molar refractivity (Wildman–Crippen MR) is 111 cm³/mol. The summed E-state index contributed by atoms with van der Waals surface area (Å²) in [5.74, 6) is -0.334. The molecule has 4 rings (SSSR count). The summed E-state index contributed by atoms with van der Waals surface area (Å²) in [6.07, 6.45) is 2.95. The van der Waals surface area contributed by atoms with Gasteiger partial charge in [0.2, 0.25) is 10.0 Å². The van der Waals surface area contributed by atoms with Crippen LogP contribution in [-0.4, -0.2) is 86.3 Å². The van der Waals surface area contributed by atoms with Gasteiger partial charge in [0.1, 0.15) is 6.10 Å². The molecule has 0 saturated carbocycles. The lowest BCUT2D eigenvalue weighted by Crippen LogP contribution is -2.52. The number of benzene rings is 1. The van der Waals surface area contributed by atoms with E-state index >= 15 is 0 Å². The third-order valence-corrected chi connectivity index (χ3v) is 8.18. The van der Waals surface area contributed by atoms with Gasteiger partial charge in [0.15, 0.2) is 0 Å². The molecule has 0 bridgehead atoms. The number of rotatable bonds is 4. The Morgan fingerprint density at radius 2 is 1.63 bits per heavy atom. The second kappa shape index (κ2) is 8.82. The first-order valence-electron chi connectivity index (χ1n) is 10.4. The zero-order chi connectivity index (χ0) is 21.3. The molecule has 0 aromatic heterocycles. The third kappa shape index (κ3) is 4.21. The predicted octanol–water partition coefficient (Wildman–Crippen LogP) is 1.59. The summed E-state index contributed by atoms with van der Waals surface area (Å²) in [6.45, 7) is 3.20. The number of sulfonamides is 1. The van der Waals surface area contributed by atoms with E-state index in [1.54, 1.807) is 9.80 Å². The fraction of sp³-hybridized carbons (Fsp3) is 0.600. The quantitative estimate of drug-likeness (QED) is 0.688. The van der Waals surface area contributed by atoms with Gasteiger partial charge >= 0.3 is 0 Å². The molecule has 0 spiro atoms. The maximum atomic E-state index is 13.1. The third-order valence-electron chi connectivity index (χ3n) is 5.95. The van der Waals surface area contributed by atoms with Gasteiger partial charge < -0.3 is 14.5 Å². The van der Waals surface area contributed by atoms with E-state index in [0.29, 0.717) is 45.9 Å². The molecule has 30 heavy (non-hydrogen) atoms.